The molecule has 1 aromatic rings. The van der Waals surface area contributed by atoms with Gasteiger partial charge in [0, 0.05) is 18.7 Å². The Morgan fingerprint density at radius 1 is 1.15 bits per heavy atom. The summed E-state index contributed by atoms with van der Waals surface area (Å²) in [5, 5.41) is 0. The Hall–Kier alpha value is -1.84. The molecule has 0 aliphatic heterocycles. The first-order valence-corrected chi connectivity index (χ1v) is 7.10. The van der Waals surface area contributed by atoms with Crippen LogP contribution in [0, 0.1) is 0 Å². The van der Waals surface area contributed by atoms with E-state index in [1.807, 2.05) is 18.7 Å². The van der Waals surface area contributed by atoms with E-state index in [0.29, 0.717) is 11.3 Å². The molecular weight excluding hydrogens is 254 g/mol. The molecule has 4 heteroatoms. The van der Waals surface area contributed by atoms with Gasteiger partial charge < -0.3 is 9.64 Å². The van der Waals surface area contributed by atoms with Crippen molar-refractivity contribution in [3.63, 3.8) is 0 Å². The topological polar surface area (TPSA) is 46.6 Å². The number of hydrogen-bond donors (Lipinski definition) is 0. The maximum absolute atomic E-state index is 12.0. The van der Waals surface area contributed by atoms with Crippen molar-refractivity contribution in [3.05, 3.63) is 29.8 Å². The zero-order chi connectivity index (χ0) is 15.0. The lowest BCUT2D eigenvalue weighted by Crippen LogP contribution is -2.36. The molecule has 4 nitrogen and oxygen atoms in total. The van der Waals surface area contributed by atoms with Gasteiger partial charge in [0.15, 0.2) is 12.4 Å². The van der Waals surface area contributed by atoms with Crippen molar-refractivity contribution in [1.29, 1.82) is 0 Å². The van der Waals surface area contributed by atoms with Gasteiger partial charge >= 0.3 is 0 Å². The molecule has 0 spiro atoms. The van der Waals surface area contributed by atoms with Crippen molar-refractivity contribution in [3.8, 4) is 5.75 Å². The lowest BCUT2D eigenvalue weighted by atomic mass is 10.1. The molecule has 0 N–H and O–H groups in total. The fraction of sp³-hybridized carbons (Fsp3) is 0.500. The smallest absolute Gasteiger partial charge is 0.260 e. The lowest BCUT2D eigenvalue weighted by Gasteiger charge is -2.21. The molecule has 0 atom stereocenters. The van der Waals surface area contributed by atoms with Gasteiger partial charge in [-0.1, -0.05) is 26.0 Å². The summed E-state index contributed by atoms with van der Waals surface area (Å²) in [6.07, 6.45) is 1.87. The van der Waals surface area contributed by atoms with Crippen LogP contribution in [0.5, 0.6) is 5.75 Å². The van der Waals surface area contributed by atoms with Crippen molar-refractivity contribution in [2.45, 2.75) is 33.6 Å². The summed E-state index contributed by atoms with van der Waals surface area (Å²) >= 11 is 0. The number of rotatable bonds is 8. The van der Waals surface area contributed by atoms with Crippen molar-refractivity contribution < 1.29 is 14.3 Å². The van der Waals surface area contributed by atoms with Crippen molar-refractivity contribution in [2.75, 3.05) is 19.7 Å². The zero-order valence-corrected chi connectivity index (χ0v) is 12.5. The van der Waals surface area contributed by atoms with Crippen LogP contribution in [0.4, 0.5) is 0 Å². The van der Waals surface area contributed by atoms with E-state index in [0.717, 1.165) is 25.9 Å². The Labute approximate surface area is 120 Å². The first kappa shape index (κ1) is 16.2. The molecule has 0 aromatic heterocycles. The summed E-state index contributed by atoms with van der Waals surface area (Å²) in [7, 11) is 0. The molecule has 0 aliphatic rings. The maximum atomic E-state index is 12.0. The van der Waals surface area contributed by atoms with Crippen molar-refractivity contribution in [2.24, 2.45) is 0 Å². The van der Waals surface area contributed by atoms with E-state index in [1.165, 1.54) is 6.92 Å². The molecule has 0 unspecified atom stereocenters. The highest BCUT2D eigenvalue weighted by atomic mass is 16.5. The lowest BCUT2D eigenvalue weighted by molar-refractivity contribution is -0.133. The number of benzene rings is 1. The largest absolute Gasteiger partial charge is 0.484 e. The summed E-state index contributed by atoms with van der Waals surface area (Å²) in [4.78, 5) is 25.1. The minimum Gasteiger partial charge on any atom is -0.484 e. The fourth-order valence-corrected chi connectivity index (χ4v) is 1.94. The molecular formula is C16H23NO3. The number of ether oxygens (including phenoxy) is 1. The highest BCUT2D eigenvalue weighted by Crippen LogP contribution is 2.14. The van der Waals surface area contributed by atoms with Crippen LogP contribution in [0.2, 0.25) is 0 Å². The van der Waals surface area contributed by atoms with E-state index >= 15 is 0 Å². The van der Waals surface area contributed by atoms with Crippen LogP contribution in [0.1, 0.15) is 44.0 Å². The highest BCUT2D eigenvalue weighted by molar-refractivity contribution is 5.94. The zero-order valence-electron chi connectivity index (χ0n) is 12.5. The second-order valence-electron chi connectivity index (χ2n) is 4.75. The molecule has 20 heavy (non-hydrogen) atoms. The van der Waals surface area contributed by atoms with Crippen molar-refractivity contribution in [1.82, 2.24) is 4.90 Å². The van der Waals surface area contributed by atoms with Gasteiger partial charge in [0.1, 0.15) is 5.75 Å². The van der Waals surface area contributed by atoms with E-state index in [-0.39, 0.29) is 18.3 Å². The summed E-state index contributed by atoms with van der Waals surface area (Å²) < 4.78 is 5.49. The van der Waals surface area contributed by atoms with Gasteiger partial charge in [-0.05, 0) is 31.9 Å². The highest BCUT2D eigenvalue weighted by Gasteiger charge is 2.12. The number of nitrogens with zero attached hydrogens (tertiary/aromatic N) is 1. The second kappa shape index (κ2) is 8.35. The summed E-state index contributed by atoms with van der Waals surface area (Å²) in [5.41, 5.74) is 0.592. The van der Waals surface area contributed by atoms with Crippen LogP contribution < -0.4 is 4.74 Å². The number of hydrogen-bond acceptors (Lipinski definition) is 3. The Bertz CT molecular complexity index is 451. The molecule has 0 radical (unpaired) electrons. The van der Waals surface area contributed by atoms with E-state index in [4.69, 9.17) is 4.74 Å². The predicted molar refractivity (Wildman–Crippen MR) is 79.1 cm³/mol. The minimum absolute atomic E-state index is 0.0121. The van der Waals surface area contributed by atoms with Gasteiger partial charge in [-0.2, -0.15) is 0 Å². The molecule has 1 aromatic carbocycles. The second-order valence-corrected chi connectivity index (χ2v) is 4.75. The fourth-order valence-electron chi connectivity index (χ4n) is 1.94. The summed E-state index contributed by atoms with van der Waals surface area (Å²) in [6, 6.07) is 6.91. The molecule has 0 saturated carbocycles. The van der Waals surface area contributed by atoms with E-state index < -0.39 is 0 Å². The summed E-state index contributed by atoms with van der Waals surface area (Å²) in [5.74, 6) is 0.529. The number of amides is 1. The maximum Gasteiger partial charge on any atom is 0.260 e. The molecule has 0 bridgehead atoms. The SMILES string of the molecule is CCCN(CCC)C(=O)COc1cccc(C(C)=O)c1. The number of Topliss-reactive ketones (excluding diaryl/α,β-unsaturated/α-hetero) is 1. The molecule has 1 amide bonds. The van der Waals surface area contributed by atoms with Crippen molar-refractivity contribution >= 4 is 11.7 Å². The molecule has 0 fully saturated rings. The van der Waals surface area contributed by atoms with Crippen LogP contribution in [0.25, 0.3) is 0 Å². The van der Waals surface area contributed by atoms with Gasteiger partial charge in [0.2, 0.25) is 0 Å². The standard InChI is InChI=1S/C16H23NO3/c1-4-9-17(10-5-2)16(19)12-20-15-8-6-7-14(11-15)13(3)18/h6-8,11H,4-5,9-10,12H2,1-3H3. The average molecular weight is 277 g/mol. The Balaban J connectivity index is 2.59. The van der Waals surface area contributed by atoms with Crippen LogP contribution >= 0.6 is 0 Å². The van der Waals surface area contributed by atoms with Gasteiger partial charge in [-0.3, -0.25) is 9.59 Å². The van der Waals surface area contributed by atoms with Gasteiger partial charge in [0.25, 0.3) is 5.91 Å². The third kappa shape index (κ3) is 5.03. The number of carbonyl (C=O) groups is 2. The third-order valence-corrected chi connectivity index (χ3v) is 2.94. The van der Waals surface area contributed by atoms with Crippen LogP contribution in [0.3, 0.4) is 0 Å². The first-order chi connectivity index (χ1) is 9.58. The van der Waals surface area contributed by atoms with Crippen LogP contribution in [-0.2, 0) is 4.79 Å². The quantitative estimate of drug-likeness (QED) is 0.686. The normalized spacial score (nSPS) is 10.2. The third-order valence-electron chi connectivity index (χ3n) is 2.94. The Morgan fingerprint density at radius 3 is 2.35 bits per heavy atom. The molecule has 0 aliphatic carbocycles. The number of carbonyl (C=O) groups excluding carboxylic acids is 2. The molecule has 1 rings (SSSR count). The van der Waals surface area contributed by atoms with Gasteiger partial charge in [-0.15, -0.1) is 0 Å². The van der Waals surface area contributed by atoms with E-state index in [2.05, 4.69) is 0 Å². The minimum atomic E-state index is -0.0135. The molecule has 110 valence electrons. The van der Waals surface area contributed by atoms with E-state index in [1.54, 1.807) is 24.3 Å². The Kier molecular flexibility index (Phi) is 6.77. The molecule has 0 heterocycles. The van der Waals surface area contributed by atoms with Crippen LogP contribution in [-0.4, -0.2) is 36.3 Å². The van der Waals surface area contributed by atoms with Crippen LogP contribution in [0.15, 0.2) is 24.3 Å². The van der Waals surface area contributed by atoms with Gasteiger partial charge in [0.05, 0.1) is 0 Å². The molecule has 0 saturated heterocycles. The average Bonchev–Trinajstić information content (AvgIpc) is 2.45. The van der Waals surface area contributed by atoms with E-state index in [9.17, 15) is 9.59 Å². The summed E-state index contributed by atoms with van der Waals surface area (Å²) in [6.45, 7) is 7.13. The van der Waals surface area contributed by atoms with Gasteiger partial charge in [-0.25, -0.2) is 0 Å². The Morgan fingerprint density at radius 2 is 1.80 bits per heavy atom. The first-order valence-electron chi connectivity index (χ1n) is 7.10. The monoisotopic (exact) mass is 277 g/mol. The number of ketones is 1. The predicted octanol–water partition coefficient (Wildman–Crippen LogP) is 2.92.